The van der Waals surface area contributed by atoms with E-state index in [2.05, 4.69) is 11.1 Å². The van der Waals surface area contributed by atoms with Crippen LogP contribution in [0.1, 0.15) is 11.1 Å². The molecule has 69 valence electrons. The molecule has 0 aliphatic carbocycles. The minimum atomic E-state index is 0.768. The number of rotatable bonds is 2. The zero-order valence-electron chi connectivity index (χ0n) is 7.57. The standard InChI is InChI=1S/C12H9ClN/c13-12-5-3-10(4-6-12)8-11-2-1-7-14-9-11/h1,3-7,9H,8H2. The lowest BCUT2D eigenvalue weighted by Gasteiger charge is -2.00. The molecule has 1 nitrogen and oxygen atoms in total. The first-order chi connectivity index (χ1) is 6.84. The average Bonchev–Trinajstić information content (AvgIpc) is 2.23. The first-order valence-corrected chi connectivity index (χ1v) is 4.77. The largest absolute Gasteiger partial charge is 0.264 e. The number of pyridine rings is 1. The summed E-state index contributed by atoms with van der Waals surface area (Å²) in [5, 5.41) is 0.768. The molecule has 2 heteroatoms. The van der Waals surface area contributed by atoms with Crippen LogP contribution in [0.4, 0.5) is 0 Å². The van der Waals surface area contributed by atoms with E-state index in [0.29, 0.717) is 0 Å². The second-order valence-electron chi connectivity index (χ2n) is 3.07. The van der Waals surface area contributed by atoms with Crippen LogP contribution in [0.3, 0.4) is 0 Å². The molecule has 0 amide bonds. The molecule has 0 unspecified atom stereocenters. The van der Waals surface area contributed by atoms with Gasteiger partial charge < -0.3 is 0 Å². The number of aromatic nitrogens is 1. The average molecular weight is 203 g/mol. The van der Waals surface area contributed by atoms with Gasteiger partial charge in [0.05, 0.1) is 0 Å². The molecule has 1 heterocycles. The second kappa shape index (κ2) is 4.25. The summed E-state index contributed by atoms with van der Waals surface area (Å²) in [6.45, 7) is 0. The van der Waals surface area contributed by atoms with Gasteiger partial charge in [0.1, 0.15) is 0 Å². The van der Waals surface area contributed by atoms with Gasteiger partial charge in [-0.3, -0.25) is 4.98 Å². The number of hydrogen-bond donors (Lipinski definition) is 0. The van der Waals surface area contributed by atoms with Crippen molar-refractivity contribution in [3.63, 3.8) is 0 Å². The number of hydrogen-bond acceptors (Lipinski definition) is 1. The van der Waals surface area contributed by atoms with E-state index in [-0.39, 0.29) is 0 Å². The Hall–Kier alpha value is -1.34. The van der Waals surface area contributed by atoms with Gasteiger partial charge in [0, 0.05) is 17.4 Å². The molecule has 0 saturated heterocycles. The van der Waals surface area contributed by atoms with E-state index in [0.717, 1.165) is 17.0 Å². The summed E-state index contributed by atoms with van der Waals surface area (Å²) in [6, 6.07) is 12.8. The molecule has 0 saturated carbocycles. The van der Waals surface area contributed by atoms with E-state index in [9.17, 15) is 0 Å². The predicted octanol–water partition coefficient (Wildman–Crippen LogP) is 3.13. The van der Waals surface area contributed by atoms with Crippen molar-refractivity contribution in [2.75, 3.05) is 0 Å². The van der Waals surface area contributed by atoms with Gasteiger partial charge in [-0.05, 0) is 41.8 Å². The summed E-state index contributed by atoms with van der Waals surface area (Å²) >= 11 is 5.79. The lowest BCUT2D eigenvalue weighted by molar-refractivity contribution is 1.14. The van der Waals surface area contributed by atoms with Gasteiger partial charge in [-0.1, -0.05) is 23.7 Å². The van der Waals surface area contributed by atoms with Crippen molar-refractivity contribution < 1.29 is 0 Å². The van der Waals surface area contributed by atoms with Gasteiger partial charge in [0.25, 0.3) is 0 Å². The van der Waals surface area contributed by atoms with E-state index >= 15 is 0 Å². The molecule has 14 heavy (non-hydrogen) atoms. The molecule has 0 atom stereocenters. The quantitative estimate of drug-likeness (QED) is 0.729. The molecule has 2 aromatic rings. The Bertz CT molecular complexity index is 394. The molecular formula is C12H9ClN. The van der Waals surface area contributed by atoms with Crippen molar-refractivity contribution in [3.05, 3.63) is 64.9 Å². The maximum Gasteiger partial charge on any atom is 0.0406 e. The topological polar surface area (TPSA) is 12.9 Å². The van der Waals surface area contributed by atoms with E-state index in [1.807, 2.05) is 36.5 Å². The van der Waals surface area contributed by atoms with Crippen molar-refractivity contribution in [1.82, 2.24) is 4.98 Å². The van der Waals surface area contributed by atoms with Crippen molar-refractivity contribution in [3.8, 4) is 0 Å². The Labute approximate surface area is 88.4 Å². The summed E-state index contributed by atoms with van der Waals surface area (Å²) in [4.78, 5) is 4.04. The third kappa shape index (κ3) is 2.33. The van der Waals surface area contributed by atoms with E-state index in [1.54, 1.807) is 6.20 Å². The second-order valence-corrected chi connectivity index (χ2v) is 3.50. The maximum absolute atomic E-state index is 5.79. The monoisotopic (exact) mass is 202 g/mol. The van der Waals surface area contributed by atoms with Gasteiger partial charge in [-0.25, -0.2) is 0 Å². The van der Waals surface area contributed by atoms with Crippen LogP contribution in [-0.2, 0) is 6.42 Å². The summed E-state index contributed by atoms with van der Waals surface area (Å²) in [7, 11) is 0. The van der Waals surface area contributed by atoms with Crippen LogP contribution in [-0.4, -0.2) is 4.98 Å². The first kappa shape index (κ1) is 9.22. The molecule has 1 aromatic heterocycles. The Kier molecular flexibility index (Phi) is 2.80. The van der Waals surface area contributed by atoms with Crippen LogP contribution in [0.25, 0.3) is 0 Å². The summed E-state index contributed by atoms with van der Waals surface area (Å²) in [5.74, 6) is 0. The molecule has 0 fully saturated rings. The van der Waals surface area contributed by atoms with E-state index in [4.69, 9.17) is 11.6 Å². The molecule has 0 N–H and O–H groups in total. The Morgan fingerprint density at radius 1 is 1.21 bits per heavy atom. The number of nitrogens with zero attached hydrogens (tertiary/aromatic N) is 1. The highest BCUT2D eigenvalue weighted by atomic mass is 35.5. The normalized spacial score (nSPS) is 10.1. The maximum atomic E-state index is 5.79. The Balaban J connectivity index is 2.16. The molecule has 0 aliphatic heterocycles. The van der Waals surface area contributed by atoms with Crippen molar-refractivity contribution in [2.24, 2.45) is 0 Å². The van der Waals surface area contributed by atoms with Gasteiger partial charge >= 0.3 is 0 Å². The fourth-order valence-corrected chi connectivity index (χ4v) is 1.40. The predicted molar refractivity (Wildman–Crippen MR) is 57.3 cm³/mol. The molecule has 0 bridgehead atoms. The van der Waals surface area contributed by atoms with Gasteiger partial charge in [0.2, 0.25) is 0 Å². The van der Waals surface area contributed by atoms with Crippen LogP contribution in [0.2, 0.25) is 5.02 Å². The third-order valence-corrected chi connectivity index (χ3v) is 2.22. The number of halogens is 1. The zero-order chi connectivity index (χ0) is 9.80. The van der Waals surface area contributed by atoms with Crippen molar-refractivity contribution in [1.29, 1.82) is 0 Å². The van der Waals surface area contributed by atoms with Crippen LogP contribution in [0.15, 0.2) is 42.7 Å². The fourth-order valence-electron chi connectivity index (χ4n) is 1.28. The minimum Gasteiger partial charge on any atom is -0.264 e. The molecule has 0 spiro atoms. The Morgan fingerprint density at radius 2 is 2.00 bits per heavy atom. The van der Waals surface area contributed by atoms with Crippen molar-refractivity contribution >= 4 is 11.6 Å². The van der Waals surface area contributed by atoms with Crippen LogP contribution >= 0.6 is 11.6 Å². The van der Waals surface area contributed by atoms with Crippen LogP contribution in [0.5, 0.6) is 0 Å². The van der Waals surface area contributed by atoms with Gasteiger partial charge in [0.15, 0.2) is 0 Å². The third-order valence-electron chi connectivity index (χ3n) is 1.97. The van der Waals surface area contributed by atoms with E-state index < -0.39 is 0 Å². The molecule has 1 aromatic carbocycles. The molecular weight excluding hydrogens is 194 g/mol. The summed E-state index contributed by atoms with van der Waals surface area (Å²) < 4.78 is 0. The van der Waals surface area contributed by atoms with Gasteiger partial charge in [-0.2, -0.15) is 0 Å². The van der Waals surface area contributed by atoms with Crippen LogP contribution in [0, 0.1) is 6.07 Å². The summed E-state index contributed by atoms with van der Waals surface area (Å²) in [5.41, 5.74) is 2.31. The molecule has 0 aliphatic rings. The number of benzene rings is 1. The van der Waals surface area contributed by atoms with Crippen LogP contribution < -0.4 is 0 Å². The lowest BCUT2D eigenvalue weighted by atomic mass is 10.1. The zero-order valence-corrected chi connectivity index (χ0v) is 8.33. The van der Waals surface area contributed by atoms with E-state index in [1.165, 1.54) is 5.56 Å². The smallest absolute Gasteiger partial charge is 0.0406 e. The molecule has 2 rings (SSSR count). The highest BCUT2D eigenvalue weighted by Crippen LogP contribution is 2.12. The molecule has 1 radical (unpaired) electrons. The minimum absolute atomic E-state index is 0.768. The SMILES string of the molecule is Clc1ccc(Cc2[c]ccnc2)cc1. The highest BCUT2D eigenvalue weighted by Gasteiger charge is 1.95. The highest BCUT2D eigenvalue weighted by molar-refractivity contribution is 6.30. The lowest BCUT2D eigenvalue weighted by Crippen LogP contribution is -1.88. The summed E-state index contributed by atoms with van der Waals surface area (Å²) in [6.07, 6.45) is 4.41. The van der Waals surface area contributed by atoms with Gasteiger partial charge in [-0.15, -0.1) is 0 Å². The Morgan fingerprint density at radius 3 is 2.64 bits per heavy atom. The first-order valence-electron chi connectivity index (χ1n) is 4.39. The fraction of sp³-hybridized carbons (Fsp3) is 0.0833. The van der Waals surface area contributed by atoms with Crippen molar-refractivity contribution in [2.45, 2.75) is 6.42 Å².